The second-order valence-corrected chi connectivity index (χ2v) is 5.91. The Balaban J connectivity index is 1.70. The van der Waals surface area contributed by atoms with Gasteiger partial charge >= 0.3 is 0 Å². The van der Waals surface area contributed by atoms with Crippen molar-refractivity contribution in [3.63, 3.8) is 0 Å². The molecule has 2 heterocycles. The lowest BCUT2D eigenvalue weighted by Crippen LogP contribution is -2.03. The molecule has 0 fully saturated rings. The van der Waals surface area contributed by atoms with Crippen LogP contribution in [-0.4, -0.2) is 31.1 Å². The van der Waals surface area contributed by atoms with Crippen LogP contribution in [0.15, 0.2) is 53.6 Å². The summed E-state index contributed by atoms with van der Waals surface area (Å²) < 4.78 is 2.15. The number of nitrogens with zero attached hydrogens (tertiary/aromatic N) is 5. The first-order valence-corrected chi connectivity index (χ1v) is 8.46. The van der Waals surface area contributed by atoms with Crippen molar-refractivity contribution < 1.29 is 5.11 Å². The molecule has 0 aliphatic carbocycles. The predicted molar refractivity (Wildman–Crippen MR) is 102 cm³/mol. The van der Waals surface area contributed by atoms with E-state index in [1.165, 1.54) is 6.21 Å². The molecule has 0 aliphatic rings. The summed E-state index contributed by atoms with van der Waals surface area (Å²) in [7, 11) is 0. The Morgan fingerprint density at radius 3 is 2.77 bits per heavy atom. The van der Waals surface area contributed by atoms with E-state index in [1.54, 1.807) is 18.2 Å². The third-order valence-electron chi connectivity index (χ3n) is 4.13. The highest BCUT2D eigenvalue weighted by atomic mass is 16.3. The highest BCUT2D eigenvalue weighted by molar-refractivity contribution is 6.04. The molecule has 4 rings (SSSR count). The molecule has 0 unspecified atom stereocenters. The van der Waals surface area contributed by atoms with E-state index in [0.717, 1.165) is 35.0 Å². The molecule has 0 saturated carbocycles. The molecule has 26 heavy (non-hydrogen) atoms. The molecule has 2 N–H and O–H groups in total. The predicted octanol–water partition coefficient (Wildman–Crippen LogP) is 3.54. The summed E-state index contributed by atoms with van der Waals surface area (Å²) in [6.45, 7) is 2.98. The molecule has 2 aromatic carbocycles. The number of hydrogen-bond donors (Lipinski definition) is 2. The van der Waals surface area contributed by atoms with E-state index in [9.17, 15) is 5.11 Å². The topological polar surface area (TPSA) is 88.2 Å². The van der Waals surface area contributed by atoms with Crippen LogP contribution >= 0.6 is 0 Å². The van der Waals surface area contributed by atoms with Crippen molar-refractivity contribution in [1.29, 1.82) is 0 Å². The molecule has 0 saturated heterocycles. The fourth-order valence-corrected chi connectivity index (χ4v) is 2.96. The molecule has 7 heteroatoms. The molecule has 0 amide bonds. The van der Waals surface area contributed by atoms with Gasteiger partial charge in [0.25, 0.3) is 5.95 Å². The fourth-order valence-electron chi connectivity index (χ4n) is 2.96. The van der Waals surface area contributed by atoms with Crippen molar-refractivity contribution in [2.24, 2.45) is 5.10 Å². The number of anilines is 1. The normalized spacial score (nSPS) is 11.6. The van der Waals surface area contributed by atoms with E-state index in [0.29, 0.717) is 11.5 Å². The first-order valence-electron chi connectivity index (χ1n) is 8.46. The molecule has 7 nitrogen and oxygen atoms in total. The lowest BCUT2D eigenvalue weighted by molar-refractivity contribution is 0.474. The Labute approximate surface area is 150 Å². The van der Waals surface area contributed by atoms with E-state index in [4.69, 9.17) is 0 Å². The quantitative estimate of drug-likeness (QED) is 0.426. The van der Waals surface area contributed by atoms with Crippen LogP contribution in [0.5, 0.6) is 5.75 Å². The van der Waals surface area contributed by atoms with Crippen molar-refractivity contribution in [1.82, 2.24) is 19.7 Å². The zero-order chi connectivity index (χ0) is 17.9. The number of benzene rings is 2. The highest BCUT2D eigenvalue weighted by Gasteiger charge is 2.13. The van der Waals surface area contributed by atoms with Crippen LogP contribution in [0.2, 0.25) is 0 Å². The number of fused-ring (bicyclic) bond motifs is 3. The van der Waals surface area contributed by atoms with Gasteiger partial charge in [-0.15, -0.1) is 10.2 Å². The molecule has 130 valence electrons. The number of aromatic hydroxyl groups is 1. The van der Waals surface area contributed by atoms with Gasteiger partial charge in [-0.25, -0.2) is 5.43 Å². The van der Waals surface area contributed by atoms with Crippen molar-refractivity contribution in [3.8, 4) is 5.75 Å². The van der Waals surface area contributed by atoms with Gasteiger partial charge in [0.15, 0.2) is 5.65 Å². The number of aryl methyl sites for hydroxylation is 1. The summed E-state index contributed by atoms with van der Waals surface area (Å²) in [5.74, 6) is 0.472. The molecule has 0 bridgehead atoms. The second-order valence-electron chi connectivity index (χ2n) is 5.91. The van der Waals surface area contributed by atoms with Crippen LogP contribution in [0.4, 0.5) is 5.95 Å². The highest BCUT2D eigenvalue weighted by Crippen LogP contribution is 2.26. The molecule has 2 aromatic heterocycles. The number of phenolic OH excluding ortho intramolecular Hbond substituents is 1. The maximum atomic E-state index is 9.76. The number of hydrazone groups is 1. The zero-order valence-electron chi connectivity index (χ0n) is 14.3. The van der Waals surface area contributed by atoms with Crippen molar-refractivity contribution >= 4 is 34.2 Å². The number of hydrogen-bond acceptors (Lipinski definition) is 6. The molecular weight excluding hydrogens is 328 g/mol. The number of nitrogens with one attached hydrogen (secondary N) is 1. The van der Waals surface area contributed by atoms with E-state index in [2.05, 4.69) is 43.3 Å². The summed E-state index contributed by atoms with van der Waals surface area (Å²) in [4.78, 5) is 4.59. The summed E-state index contributed by atoms with van der Waals surface area (Å²) in [5.41, 5.74) is 6.05. The maximum Gasteiger partial charge on any atom is 0.265 e. The van der Waals surface area contributed by atoms with Crippen LogP contribution in [0, 0.1) is 0 Å². The number of rotatable bonds is 5. The lowest BCUT2D eigenvalue weighted by atomic mass is 10.2. The second kappa shape index (κ2) is 6.79. The van der Waals surface area contributed by atoms with Gasteiger partial charge in [0.2, 0.25) is 0 Å². The summed E-state index contributed by atoms with van der Waals surface area (Å²) >= 11 is 0. The van der Waals surface area contributed by atoms with Crippen LogP contribution in [0.3, 0.4) is 0 Å². The average Bonchev–Trinajstić information content (AvgIpc) is 2.97. The molecule has 4 aromatic rings. The first kappa shape index (κ1) is 16.0. The van der Waals surface area contributed by atoms with Crippen molar-refractivity contribution in [3.05, 3.63) is 54.1 Å². The Kier molecular flexibility index (Phi) is 4.18. The van der Waals surface area contributed by atoms with Gasteiger partial charge in [-0.3, -0.25) is 0 Å². The van der Waals surface area contributed by atoms with Crippen molar-refractivity contribution in [2.45, 2.75) is 19.9 Å². The Morgan fingerprint density at radius 1 is 1.12 bits per heavy atom. The van der Waals surface area contributed by atoms with Gasteiger partial charge in [-0.2, -0.15) is 10.1 Å². The van der Waals surface area contributed by atoms with Crippen LogP contribution < -0.4 is 5.43 Å². The Morgan fingerprint density at radius 2 is 1.92 bits per heavy atom. The molecular formula is C19H18N6O. The zero-order valence-corrected chi connectivity index (χ0v) is 14.3. The molecule has 0 atom stereocenters. The third kappa shape index (κ3) is 2.83. The maximum absolute atomic E-state index is 9.76. The van der Waals surface area contributed by atoms with Gasteiger partial charge in [0.05, 0.1) is 11.7 Å². The van der Waals surface area contributed by atoms with Gasteiger partial charge < -0.3 is 9.67 Å². The number of para-hydroxylation sites is 2. The van der Waals surface area contributed by atoms with Crippen LogP contribution in [0.1, 0.15) is 18.9 Å². The monoisotopic (exact) mass is 346 g/mol. The van der Waals surface area contributed by atoms with Gasteiger partial charge in [0.1, 0.15) is 11.3 Å². The fraction of sp³-hybridized carbons (Fsp3) is 0.158. The van der Waals surface area contributed by atoms with E-state index < -0.39 is 0 Å². The average molecular weight is 346 g/mol. The van der Waals surface area contributed by atoms with Crippen LogP contribution in [-0.2, 0) is 6.54 Å². The standard InChI is InChI=1S/C19H18N6O/c1-2-11-25-15-9-5-4-8-14(15)17-18(25)21-19(24-22-17)23-20-12-13-7-3-6-10-16(13)26/h3-10,12,26H,2,11H2,1H3,(H,21,23,24)/b20-12+. The molecule has 0 radical (unpaired) electrons. The van der Waals surface area contributed by atoms with Gasteiger partial charge in [-0.05, 0) is 24.6 Å². The minimum absolute atomic E-state index is 0.163. The van der Waals surface area contributed by atoms with E-state index in [-0.39, 0.29) is 5.75 Å². The largest absolute Gasteiger partial charge is 0.507 e. The van der Waals surface area contributed by atoms with Gasteiger partial charge in [-0.1, -0.05) is 37.3 Å². The smallest absolute Gasteiger partial charge is 0.265 e. The molecule has 0 aliphatic heterocycles. The SMILES string of the molecule is CCCn1c2ccccc2c2nnc(N/N=C/c3ccccc3O)nc21. The summed E-state index contributed by atoms with van der Waals surface area (Å²) in [6.07, 6.45) is 2.51. The van der Waals surface area contributed by atoms with E-state index >= 15 is 0 Å². The Bertz CT molecular complexity index is 1100. The number of phenols is 1. The van der Waals surface area contributed by atoms with Crippen molar-refractivity contribution in [2.75, 3.05) is 5.43 Å². The minimum atomic E-state index is 0.163. The number of aromatic nitrogens is 4. The van der Waals surface area contributed by atoms with Crippen LogP contribution in [0.25, 0.3) is 22.1 Å². The summed E-state index contributed by atoms with van der Waals surface area (Å²) in [6, 6.07) is 15.1. The minimum Gasteiger partial charge on any atom is -0.507 e. The van der Waals surface area contributed by atoms with E-state index in [1.807, 2.05) is 24.3 Å². The molecule has 0 spiro atoms. The third-order valence-corrected chi connectivity index (χ3v) is 4.13. The summed E-state index contributed by atoms with van der Waals surface area (Å²) in [5, 5.41) is 23.4. The lowest BCUT2D eigenvalue weighted by Gasteiger charge is -2.04. The Hall–Kier alpha value is -3.48. The van der Waals surface area contributed by atoms with Gasteiger partial charge in [0, 0.05) is 17.5 Å². The first-order chi connectivity index (χ1) is 12.8.